The SMILES string of the molecule is N[C@H](C(=O)O)c1ccc(C=O)cn1. The number of pyridine rings is 1. The second-order valence-corrected chi connectivity index (χ2v) is 2.45. The van der Waals surface area contributed by atoms with Crippen molar-refractivity contribution in [3.63, 3.8) is 0 Å². The highest BCUT2D eigenvalue weighted by Crippen LogP contribution is 2.06. The summed E-state index contributed by atoms with van der Waals surface area (Å²) in [5.41, 5.74) is 5.90. The van der Waals surface area contributed by atoms with Crippen LogP contribution in [-0.4, -0.2) is 22.3 Å². The lowest BCUT2D eigenvalue weighted by atomic mass is 10.2. The fourth-order valence-electron chi connectivity index (χ4n) is 0.797. The van der Waals surface area contributed by atoms with Crippen LogP contribution in [0, 0.1) is 0 Å². The van der Waals surface area contributed by atoms with Gasteiger partial charge < -0.3 is 10.8 Å². The molecule has 5 heteroatoms. The van der Waals surface area contributed by atoms with Crippen LogP contribution in [-0.2, 0) is 4.79 Å². The van der Waals surface area contributed by atoms with Crippen molar-refractivity contribution in [1.82, 2.24) is 4.98 Å². The van der Waals surface area contributed by atoms with Crippen molar-refractivity contribution >= 4 is 12.3 Å². The Bertz CT molecular complexity index is 321. The molecular formula is C8H8N2O3. The number of aliphatic carboxylic acids is 1. The van der Waals surface area contributed by atoms with Crippen molar-refractivity contribution in [3.05, 3.63) is 29.6 Å². The van der Waals surface area contributed by atoms with Gasteiger partial charge in [0, 0.05) is 11.8 Å². The molecule has 0 unspecified atom stereocenters. The third kappa shape index (κ3) is 2.09. The van der Waals surface area contributed by atoms with Gasteiger partial charge in [0.2, 0.25) is 0 Å². The fourth-order valence-corrected chi connectivity index (χ4v) is 0.797. The van der Waals surface area contributed by atoms with Gasteiger partial charge in [0.05, 0.1) is 5.69 Å². The molecule has 1 heterocycles. The zero-order valence-corrected chi connectivity index (χ0v) is 6.68. The standard InChI is InChI=1S/C8H8N2O3/c9-7(8(12)13)6-2-1-5(4-11)3-10-6/h1-4,7H,9H2,(H,12,13)/t7-/m0/s1. The first-order chi connectivity index (χ1) is 6.15. The number of nitrogens with two attached hydrogens (primary N) is 1. The maximum absolute atomic E-state index is 10.4. The van der Waals surface area contributed by atoms with Crippen LogP contribution in [0.3, 0.4) is 0 Å². The highest BCUT2D eigenvalue weighted by atomic mass is 16.4. The van der Waals surface area contributed by atoms with Gasteiger partial charge in [-0.15, -0.1) is 0 Å². The minimum atomic E-state index is -1.15. The highest BCUT2D eigenvalue weighted by molar-refractivity contribution is 5.76. The predicted molar refractivity (Wildman–Crippen MR) is 44.2 cm³/mol. The third-order valence-electron chi connectivity index (χ3n) is 1.53. The summed E-state index contributed by atoms with van der Waals surface area (Å²) in [7, 11) is 0. The molecule has 0 spiro atoms. The number of aldehydes is 1. The molecule has 0 aliphatic rings. The van der Waals surface area contributed by atoms with Crippen LogP contribution < -0.4 is 5.73 Å². The van der Waals surface area contributed by atoms with E-state index < -0.39 is 12.0 Å². The minimum Gasteiger partial charge on any atom is -0.480 e. The van der Waals surface area contributed by atoms with E-state index in [1.807, 2.05) is 0 Å². The molecule has 3 N–H and O–H groups in total. The molecule has 1 aromatic rings. The van der Waals surface area contributed by atoms with Crippen molar-refractivity contribution < 1.29 is 14.7 Å². The first-order valence-corrected chi connectivity index (χ1v) is 3.54. The molecule has 0 fully saturated rings. The van der Waals surface area contributed by atoms with Crippen LogP contribution >= 0.6 is 0 Å². The number of rotatable bonds is 3. The van der Waals surface area contributed by atoms with Gasteiger partial charge in [0.15, 0.2) is 6.29 Å². The summed E-state index contributed by atoms with van der Waals surface area (Å²) in [5, 5.41) is 8.53. The van der Waals surface area contributed by atoms with Gasteiger partial charge in [0.25, 0.3) is 0 Å². The summed E-state index contributed by atoms with van der Waals surface area (Å²) in [6.45, 7) is 0. The van der Waals surface area contributed by atoms with E-state index in [4.69, 9.17) is 10.8 Å². The van der Waals surface area contributed by atoms with Crippen LogP contribution in [0.25, 0.3) is 0 Å². The summed E-state index contributed by atoms with van der Waals surface area (Å²) in [5.74, 6) is -1.15. The lowest BCUT2D eigenvalue weighted by Crippen LogP contribution is -2.21. The van der Waals surface area contributed by atoms with Gasteiger partial charge in [-0.3, -0.25) is 14.6 Å². The molecule has 1 aromatic heterocycles. The van der Waals surface area contributed by atoms with Gasteiger partial charge >= 0.3 is 5.97 Å². The van der Waals surface area contributed by atoms with E-state index in [9.17, 15) is 9.59 Å². The second kappa shape index (κ2) is 3.77. The number of hydrogen-bond acceptors (Lipinski definition) is 4. The van der Waals surface area contributed by atoms with Gasteiger partial charge in [0.1, 0.15) is 6.04 Å². The predicted octanol–water partition coefficient (Wildman–Crippen LogP) is -0.0215. The van der Waals surface area contributed by atoms with Crippen LogP contribution in [0.5, 0.6) is 0 Å². The van der Waals surface area contributed by atoms with E-state index in [2.05, 4.69) is 4.98 Å². The molecule has 0 radical (unpaired) electrons. The van der Waals surface area contributed by atoms with Crippen LogP contribution in [0.2, 0.25) is 0 Å². The Morgan fingerprint density at radius 1 is 1.62 bits per heavy atom. The van der Waals surface area contributed by atoms with Crippen LogP contribution in [0.1, 0.15) is 22.1 Å². The number of carbonyl (C=O) groups excluding carboxylic acids is 1. The first kappa shape index (κ1) is 9.34. The smallest absolute Gasteiger partial charge is 0.326 e. The molecule has 0 aliphatic heterocycles. The zero-order chi connectivity index (χ0) is 9.84. The summed E-state index contributed by atoms with van der Waals surface area (Å²) in [6.07, 6.45) is 1.91. The number of carboxylic acids is 1. The highest BCUT2D eigenvalue weighted by Gasteiger charge is 2.14. The Labute approximate surface area is 74.2 Å². The monoisotopic (exact) mass is 180 g/mol. The van der Waals surface area contributed by atoms with E-state index in [1.54, 1.807) is 0 Å². The Morgan fingerprint density at radius 3 is 2.69 bits per heavy atom. The van der Waals surface area contributed by atoms with Crippen LogP contribution in [0.4, 0.5) is 0 Å². The first-order valence-electron chi connectivity index (χ1n) is 3.54. The maximum atomic E-state index is 10.4. The zero-order valence-electron chi connectivity index (χ0n) is 6.68. The summed E-state index contributed by atoms with van der Waals surface area (Å²) in [4.78, 5) is 24.4. The van der Waals surface area contributed by atoms with Crippen molar-refractivity contribution in [2.24, 2.45) is 5.73 Å². The van der Waals surface area contributed by atoms with Gasteiger partial charge in [-0.1, -0.05) is 0 Å². The molecule has 5 nitrogen and oxygen atoms in total. The topological polar surface area (TPSA) is 93.3 Å². The molecule has 0 amide bonds. The second-order valence-electron chi connectivity index (χ2n) is 2.45. The van der Waals surface area contributed by atoms with E-state index in [0.29, 0.717) is 11.8 Å². The number of aromatic nitrogens is 1. The molecule has 0 aromatic carbocycles. The lowest BCUT2D eigenvalue weighted by molar-refractivity contribution is -0.138. The average molecular weight is 180 g/mol. The van der Waals surface area contributed by atoms with E-state index in [-0.39, 0.29) is 5.69 Å². The molecule has 0 saturated heterocycles. The Balaban J connectivity index is 2.91. The summed E-state index contributed by atoms with van der Waals surface area (Å²) < 4.78 is 0. The van der Waals surface area contributed by atoms with Crippen molar-refractivity contribution in [3.8, 4) is 0 Å². The average Bonchev–Trinajstić information content (AvgIpc) is 2.17. The molecule has 0 saturated carbocycles. The normalized spacial score (nSPS) is 12.1. The van der Waals surface area contributed by atoms with Gasteiger partial charge in [-0.05, 0) is 12.1 Å². The quantitative estimate of drug-likeness (QED) is 0.637. The van der Waals surface area contributed by atoms with Gasteiger partial charge in [-0.2, -0.15) is 0 Å². The third-order valence-corrected chi connectivity index (χ3v) is 1.53. The van der Waals surface area contributed by atoms with Crippen molar-refractivity contribution in [1.29, 1.82) is 0 Å². The van der Waals surface area contributed by atoms with Crippen molar-refractivity contribution in [2.45, 2.75) is 6.04 Å². The Kier molecular flexibility index (Phi) is 2.71. The fraction of sp³-hybridized carbons (Fsp3) is 0.125. The van der Waals surface area contributed by atoms with E-state index in [0.717, 1.165) is 0 Å². The van der Waals surface area contributed by atoms with Gasteiger partial charge in [-0.25, -0.2) is 0 Å². The lowest BCUT2D eigenvalue weighted by Gasteiger charge is -2.04. The largest absolute Gasteiger partial charge is 0.480 e. The molecule has 1 atom stereocenters. The van der Waals surface area contributed by atoms with Crippen molar-refractivity contribution in [2.75, 3.05) is 0 Å². The number of nitrogens with zero attached hydrogens (tertiary/aromatic N) is 1. The maximum Gasteiger partial charge on any atom is 0.326 e. The Morgan fingerprint density at radius 2 is 2.31 bits per heavy atom. The molecule has 0 aliphatic carbocycles. The molecule has 1 rings (SSSR count). The van der Waals surface area contributed by atoms with Crippen LogP contribution in [0.15, 0.2) is 18.3 Å². The Hall–Kier alpha value is -1.75. The van der Waals surface area contributed by atoms with E-state index >= 15 is 0 Å². The summed E-state index contributed by atoms with van der Waals surface area (Å²) >= 11 is 0. The van der Waals surface area contributed by atoms with E-state index in [1.165, 1.54) is 18.3 Å². The summed E-state index contributed by atoms with van der Waals surface area (Å²) in [6, 6.07) is 1.75. The molecule has 68 valence electrons. The number of hydrogen-bond donors (Lipinski definition) is 2. The molecule has 13 heavy (non-hydrogen) atoms. The molecule has 0 bridgehead atoms. The number of carbonyl (C=O) groups is 2. The minimum absolute atomic E-state index is 0.234. The number of carboxylic acid groups (broad SMARTS) is 1. The molecular weight excluding hydrogens is 172 g/mol.